The minimum absolute atomic E-state index is 0.000561. The van der Waals surface area contributed by atoms with Gasteiger partial charge in [0.2, 0.25) is 5.78 Å². The number of methoxy groups -OCH3 is 1. The van der Waals surface area contributed by atoms with Crippen molar-refractivity contribution in [2.45, 2.75) is 4.90 Å². The molecule has 6 nitrogen and oxygen atoms in total. The lowest BCUT2D eigenvalue weighted by Gasteiger charge is -2.08. The zero-order valence-electron chi connectivity index (χ0n) is 16.0. The van der Waals surface area contributed by atoms with E-state index in [1.54, 1.807) is 18.2 Å². The molecular weight excluding hydrogens is 463 g/mol. The lowest BCUT2D eigenvalue weighted by molar-refractivity contribution is 0.101. The highest BCUT2D eigenvalue weighted by atomic mass is 35.5. The highest BCUT2D eigenvalue weighted by Crippen LogP contribution is 2.37. The maximum absolute atomic E-state index is 12.7. The molecule has 158 valence electrons. The first-order valence-corrected chi connectivity index (χ1v) is 11.1. The fourth-order valence-electron chi connectivity index (χ4n) is 2.92. The number of hydrogen-bond donors (Lipinski definition) is 0. The maximum Gasteiger partial charge on any atom is 0.339 e. The molecular formula is C22H14Cl2O6S. The number of rotatable bonds is 5. The molecule has 1 heterocycles. The molecule has 1 aliphatic heterocycles. The number of carbonyl (C=O) groups excluding carboxylic acids is 1. The predicted octanol–water partition coefficient (Wildman–Crippen LogP) is 5.39. The Hall–Kier alpha value is -3.00. The van der Waals surface area contributed by atoms with Crippen LogP contribution in [0, 0.1) is 0 Å². The zero-order valence-corrected chi connectivity index (χ0v) is 18.3. The van der Waals surface area contributed by atoms with Gasteiger partial charge in [0.25, 0.3) is 0 Å². The van der Waals surface area contributed by atoms with Crippen LogP contribution in [0.2, 0.25) is 10.0 Å². The number of halogens is 2. The molecule has 0 aromatic heterocycles. The van der Waals surface area contributed by atoms with E-state index in [4.69, 9.17) is 36.9 Å². The molecule has 0 saturated heterocycles. The van der Waals surface area contributed by atoms with E-state index in [9.17, 15) is 13.2 Å². The fourth-order valence-corrected chi connectivity index (χ4v) is 4.35. The standard InChI is InChI=1S/C22H14Cl2O6S/c1-28-13-5-8-15(9-6-13)31(26,27)30-14-7-10-16-20(11-14)29-21(22(16)25)12-17-18(23)3-2-4-19(17)24/h2-12H,1H3. The molecule has 0 amide bonds. The summed E-state index contributed by atoms with van der Waals surface area (Å²) in [7, 11) is -2.61. The molecule has 31 heavy (non-hydrogen) atoms. The van der Waals surface area contributed by atoms with E-state index in [0.717, 1.165) is 0 Å². The van der Waals surface area contributed by atoms with Crippen LogP contribution in [0.15, 0.2) is 71.3 Å². The Kier molecular flexibility index (Phi) is 5.66. The van der Waals surface area contributed by atoms with E-state index in [1.807, 2.05) is 0 Å². The van der Waals surface area contributed by atoms with Gasteiger partial charge >= 0.3 is 10.1 Å². The summed E-state index contributed by atoms with van der Waals surface area (Å²) in [6.45, 7) is 0. The normalized spacial score (nSPS) is 14.3. The third-order valence-electron chi connectivity index (χ3n) is 4.47. The molecule has 0 spiro atoms. The lowest BCUT2D eigenvalue weighted by atomic mass is 10.1. The summed E-state index contributed by atoms with van der Waals surface area (Å²) in [5.74, 6) is 0.318. The van der Waals surface area contributed by atoms with Crippen LogP contribution >= 0.6 is 23.2 Å². The average Bonchev–Trinajstić information content (AvgIpc) is 3.05. The number of carbonyl (C=O) groups is 1. The molecule has 0 saturated carbocycles. The monoisotopic (exact) mass is 476 g/mol. The van der Waals surface area contributed by atoms with Gasteiger partial charge in [-0.15, -0.1) is 0 Å². The van der Waals surface area contributed by atoms with Crippen molar-refractivity contribution >= 4 is 45.2 Å². The summed E-state index contributed by atoms with van der Waals surface area (Å²) in [6, 6.07) is 14.9. The maximum atomic E-state index is 12.7. The topological polar surface area (TPSA) is 78.9 Å². The van der Waals surface area contributed by atoms with Gasteiger partial charge in [0, 0.05) is 21.7 Å². The first-order chi connectivity index (χ1) is 14.8. The van der Waals surface area contributed by atoms with Gasteiger partial charge in [-0.2, -0.15) is 8.42 Å². The minimum atomic E-state index is -4.09. The van der Waals surface area contributed by atoms with Crippen molar-refractivity contribution in [2.24, 2.45) is 0 Å². The van der Waals surface area contributed by atoms with E-state index in [1.165, 1.54) is 55.7 Å². The highest BCUT2D eigenvalue weighted by Gasteiger charge is 2.29. The summed E-state index contributed by atoms with van der Waals surface area (Å²) >= 11 is 12.3. The smallest absolute Gasteiger partial charge is 0.339 e. The van der Waals surface area contributed by atoms with Crippen molar-refractivity contribution in [2.75, 3.05) is 7.11 Å². The van der Waals surface area contributed by atoms with Crippen LogP contribution in [-0.4, -0.2) is 21.3 Å². The summed E-state index contributed by atoms with van der Waals surface area (Å²) in [5, 5.41) is 0.726. The Morgan fingerprint density at radius 3 is 2.23 bits per heavy atom. The Bertz CT molecular complexity index is 1290. The first kappa shape index (κ1) is 21.2. The van der Waals surface area contributed by atoms with Crippen LogP contribution < -0.4 is 13.7 Å². The van der Waals surface area contributed by atoms with Crippen molar-refractivity contribution in [3.8, 4) is 17.2 Å². The third kappa shape index (κ3) is 4.25. The molecule has 0 radical (unpaired) electrons. The quantitative estimate of drug-likeness (QED) is 0.363. The highest BCUT2D eigenvalue weighted by molar-refractivity contribution is 7.87. The number of allylic oxidation sites excluding steroid dienone is 1. The van der Waals surface area contributed by atoms with Crippen LogP contribution in [0.1, 0.15) is 15.9 Å². The average molecular weight is 477 g/mol. The van der Waals surface area contributed by atoms with Gasteiger partial charge in [0.15, 0.2) is 5.76 Å². The van der Waals surface area contributed by atoms with E-state index < -0.39 is 10.1 Å². The van der Waals surface area contributed by atoms with Crippen molar-refractivity contribution < 1.29 is 26.9 Å². The van der Waals surface area contributed by atoms with Gasteiger partial charge in [-0.3, -0.25) is 4.79 Å². The summed E-state index contributed by atoms with van der Waals surface area (Å²) in [4.78, 5) is 12.6. The van der Waals surface area contributed by atoms with Crippen molar-refractivity contribution in [1.29, 1.82) is 0 Å². The number of Topliss-reactive ketones (excluding diaryl/α,β-unsaturated/α-hetero) is 1. The molecule has 0 bridgehead atoms. The lowest BCUT2D eigenvalue weighted by Crippen LogP contribution is -2.09. The van der Waals surface area contributed by atoms with Gasteiger partial charge < -0.3 is 13.7 Å². The molecule has 0 unspecified atom stereocenters. The molecule has 0 fully saturated rings. The first-order valence-electron chi connectivity index (χ1n) is 8.89. The van der Waals surface area contributed by atoms with E-state index in [0.29, 0.717) is 21.4 Å². The SMILES string of the molecule is COc1ccc(S(=O)(=O)Oc2ccc3c(c2)OC(=Cc2c(Cl)cccc2Cl)C3=O)cc1. The molecule has 9 heteroatoms. The number of hydrogen-bond acceptors (Lipinski definition) is 6. The van der Waals surface area contributed by atoms with Gasteiger partial charge in [-0.05, 0) is 54.6 Å². The Morgan fingerprint density at radius 2 is 1.58 bits per heavy atom. The predicted molar refractivity (Wildman–Crippen MR) is 117 cm³/mol. The number of benzene rings is 3. The summed E-state index contributed by atoms with van der Waals surface area (Å²) in [5.41, 5.74) is 0.712. The zero-order chi connectivity index (χ0) is 22.2. The second-order valence-electron chi connectivity index (χ2n) is 6.45. The van der Waals surface area contributed by atoms with Gasteiger partial charge in [-0.1, -0.05) is 29.3 Å². The summed E-state index contributed by atoms with van der Waals surface area (Å²) in [6.07, 6.45) is 1.45. The van der Waals surface area contributed by atoms with Gasteiger partial charge in [-0.25, -0.2) is 0 Å². The van der Waals surface area contributed by atoms with Crippen LogP contribution in [0.3, 0.4) is 0 Å². The molecule has 0 N–H and O–H groups in total. The van der Waals surface area contributed by atoms with E-state index >= 15 is 0 Å². The molecule has 3 aromatic carbocycles. The van der Waals surface area contributed by atoms with Crippen LogP contribution in [0.25, 0.3) is 6.08 Å². The molecule has 4 rings (SSSR count). The number of ketones is 1. The molecule has 3 aromatic rings. The largest absolute Gasteiger partial charge is 0.497 e. The van der Waals surface area contributed by atoms with E-state index in [2.05, 4.69) is 0 Å². The van der Waals surface area contributed by atoms with Crippen LogP contribution in [0.5, 0.6) is 17.2 Å². The molecule has 1 aliphatic rings. The second-order valence-corrected chi connectivity index (χ2v) is 8.81. The van der Waals surface area contributed by atoms with E-state index in [-0.39, 0.29) is 33.5 Å². The molecule has 0 atom stereocenters. The van der Waals surface area contributed by atoms with Gasteiger partial charge in [0.05, 0.1) is 12.7 Å². The second kappa shape index (κ2) is 8.26. The Labute approximate surface area is 188 Å². The van der Waals surface area contributed by atoms with Crippen LogP contribution in [-0.2, 0) is 10.1 Å². The van der Waals surface area contributed by atoms with Crippen molar-refractivity contribution in [3.05, 3.63) is 87.6 Å². The minimum Gasteiger partial charge on any atom is -0.497 e. The Morgan fingerprint density at radius 1 is 0.935 bits per heavy atom. The number of ether oxygens (including phenoxy) is 2. The number of fused-ring (bicyclic) bond motifs is 1. The third-order valence-corrected chi connectivity index (χ3v) is 6.39. The molecule has 0 aliphatic carbocycles. The Balaban J connectivity index is 1.60. The van der Waals surface area contributed by atoms with Crippen LogP contribution in [0.4, 0.5) is 0 Å². The summed E-state index contributed by atoms with van der Waals surface area (Å²) < 4.78 is 40.9. The fraction of sp³-hybridized carbons (Fsp3) is 0.0455. The van der Waals surface area contributed by atoms with Gasteiger partial charge in [0.1, 0.15) is 22.1 Å². The van der Waals surface area contributed by atoms with Crippen molar-refractivity contribution in [3.63, 3.8) is 0 Å². The van der Waals surface area contributed by atoms with Crippen molar-refractivity contribution in [1.82, 2.24) is 0 Å².